The molecule has 0 fully saturated rings. The number of carboxylic acid groups (broad SMARTS) is 1. The summed E-state index contributed by atoms with van der Waals surface area (Å²) >= 11 is 0. The molecule has 0 saturated heterocycles. The maximum absolute atomic E-state index is 13.2. The molecule has 14 heteroatoms. The Morgan fingerprint density at radius 3 is 2.77 bits per heavy atom. The van der Waals surface area contributed by atoms with Gasteiger partial charge in [-0.25, -0.2) is 14.6 Å². The monoisotopic (exact) mass is 542 g/mol. The Morgan fingerprint density at radius 1 is 1.15 bits per heavy atom. The summed E-state index contributed by atoms with van der Waals surface area (Å²) in [5.74, 6) is -2.57. The van der Waals surface area contributed by atoms with Crippen molar-refractivity contribution in [3.63, 3.8) is 0 Å². The second-order valence-electron chi connectivity index (χ2n) is 9.50. The van der Waals surface area contributed by atoms with Gasteiger partial charge in [0, 0.05) is 19.7 Å². The third-order valence-corrected chi connectivity index (χ3v) is 7.18. The standard InChI is InChI=1S/C26H22N8O6/c1-12-14-6-7-17(16(14)5-4-15(12)24(37)38)28-22(35)18-10-20(34-25(29-18)30-31-32-34)23(36)27-11-13-3-8-21-19(9-13)33(2)26(39)40-21/h3-5,8-10,17H,6-7,11H2,1-2H3,(H,27,36)(H,28,35)(H,37,38)/t17-/m0/s1. The van der Waals surface area contributed by atoms with Crippen molar-refractivity contribution in [2.24, 2.45) is 7.05 Å². The number of aryl methyl sites for hydroxylation is 1. The van der Waals surface area contributed by atoms with Crippen molar-refractivity contribution in [3.05, 3.63) is 86.2 Å². The quantitative estimate of drug-likeness (QED) is 0.282. The number of aromatic nitrogens is 6. The Balaban J connectivity index is 1.23. The van der Waals surface area contributed by atoms with E-state index in [1.807, 2.05) is 0 Å². The fraction of sp³-hybridized carbons (Fsp3) is 0.231. The minimum absolute atomic E-state index is 0.00528. The van der Waals surface area contributed by atoms with E-state index in [2.05, 4.69) is 31.1 Å². The van der Waals surface area contributed by atoms with Gasteiger partial charge in [-0.1, -0.05) is 17.2 Å². The highest BCUT2D eigenvalue weighted by Gasteiger charge is 2.28. The van der Waals surface area contributed by atoms with E-state index in [1.54, 1.807) is 44.3 Å². The van der Waals surface area contributed by atoms with E-state index in [9.17, 15) is 24.3 Å². The molecule has 40 heavy (non-hydrogen) atoms. The molecular weight excluding hydrogens is 520 g/mol. The van der Waals surface area contributed by atoms with Gasteiger partial charge in [0.05, 0.1) is 17.1 Å². The summed E-state index contributed by atoms with van der Waals surface area (Å²) in [5, 5.41) is 26.3. The summed E-state index contributed by atoms with van der Waals surface area (Å²) in [4.78, 5) is 53.8. The molecule has 0 aliphatic heterocycles. The number of hydrogen-bond donors (Lipinski definition) is 3. The molecule has 2 aromatic carbocycles. The van der Waals surface area contributed by atoms with E-state index >= 15 is 0 Å². The van der Waals surface area contributed by atoms with E-state index in [4.69, 9.17) is 4.42 Å². The number of aromatic carboxylic acids is 1. The van der Waals surface area contributed by atoms with Crippen LogP contribution in [0.3, 0.4) is 0 Å². The molecule has 2 amide bonds. The molecular formula is C26H22N8O6. The largest absolute Gasteiger partial charge is 0.478 e. The number of carbonyl (C=O) groups is 3. The van der Waals surface area contributed by atoms with Gasteiger partial charge in [-0.15, -0.1) is 0 Å². The van der Waals surface area contributed by atoms with Gasteiger partial charge in [0.1, 0.15) is 11.4 Å². The Morgan fingerprint density at radius 2 is 1.98 bits per heavy atom. The molecule has 0 unspecified atom stereocenters. The van der Waals surface area contributed by atoms with Crippen LogP contribution in [-0.2, 0) is 20.0 Å². The van der Waals surface area contributed by atoms with E-state index < -0.39 is 23.5 Å². The van der Waals surface area contributed by atoms with E-state index in [1.165, 1.54) is 10.6 Å². The lowest BCUT2D eigenvalue weighted by Crippen LogP contribution is -2.30. The Kier molecular flexibility index (Phi) is 5.86. The number of carboxylic acids is 1. The third kappa shape index (κ3) is 4.15. The van der Waals surface area contributed by atoms with Gasteiger partial charge in [0.25, 0.3) is 17.6 Å². The molecule has 1 atom stereocenters. The number of amides is 2. The number of carbonyl (C=O) groups excluding carboxylic acids is 2. The predicted octanol–water partition coefficient (Wildman–Crippen LogP) is 1.32. The summed E-state index contributed by atoms with van der Waals surface area (Å²) in [6.07, 6.45) is 1.22. The average Bonchev–Trinajstić information content (AvgIpc) is 3.65. The van der Waals surface area contributed by atoms with Crippen molar-refractivity contribution < 1.29 is 23.9 Å². The Hall–Kier alpha value is -5.40. The number of tetrazole rings is 1. The Labute approximate surface area is 224 Å². The average molecular weight is 543 g/mol. The lowest BCUT2D eigenvalue weighted by Gasteiger charge is -2.15. The molecule has 14 nitrogen and oxygen atoms in total. The van der Waals surface area contributed by atoms with Gasteiger partial charge >= 0.3 is 11.7 Å². The van der Waals surface area contributed by atoms with Gasteiger partial charge < -0.3 is 20.2 Å². The fourth-order valence-corrected chi connectivity index (χ4v) is 5.07. The number of hydrogen-bond acceptors (Lipinski definition) is 9. The molecule has 0 bridgehead atoms. The van der Waals surface area contributed by atoms with Crippen LogP contribution in [-0.4, -0.2) is 52.5 Å². The van der Waals surface area contributed by atoms with E-state index in [0.717, 1.165) is 21.2 Å². The molecule has 5 aromatic rings. The van der Waals surface area contributed by atoms with Crippen LogP contribution in [0.2, 0.25) is 0 Å². The number of benzene rings is 2. The maximum atomic E-state index is 13.2. The predicted molar refractivity (Wildman–Crippen MR) is 138 cm³/mol. The van der Waals surface area contributed by atoms with Crippen molar-refractivity contribution >= 4 is 34.7 Å². The van der Waals surface area contributed by atoms with Crippen LogP contribution in [0.1, 0.15) is 66.1 Å². The van der Waals surface area contributed by atoms with Crippen LogP contribution in [0.4, 0.5) is 0 Å². The molecule has 202 valence electrons. The van der Waals surface area contributed by atoms with Crippen molar-refractivity contribution in [1.82, 2.24) is 40.2 Å². The highest BCUT2D eigenvalue weighted by atomic mass is 16.4. The van der Waals surface area contributed by atoms with Crippen molar-refractivity contribution in [2.45, 2.75) is 32.4 Å². The van der Waals surface area contributed by atoms with Crippen LogP contribution in [0.25, 0.3) is 16.9 Å². The lowest BCUT2D eigenvalue weighted by atomic mass is 9.98. The first-order chi connectivity index (χ1) is 19.2. The molecule has 3 N–H and O–H groups in total. The van der Waals surface area contributed by atoms with Crippen LogP contribution in [0, 0.1) is 6.92 Å². The highest BCUT2D eigenvalue weighted by molar-refractivity contribution is 5.98. The van der Waals surface area contributed by atoms with Crippen molar-refractivity contribution in [1.29, 1.82) is 0 Å². The topological polar surface area (TPSA) is 187 Å². The summed E-state index contributed by atoms with van der Waals surface area (Å²) < 4.78 is 7.64. The Bertz CT molecular complexity index is 1920. The van der Waals surface area contributed by atoms with Gasteiger partial charge in [-0.2, -0.15) is 4.52 Å². The summed E-state index contributed by atoms with van der Waals surface area (Å²) in [5.41, 5.74) is 4.38. The smallest absolute Gasteiger partial charge is 0.419 e. The van der Waals surface area contributed by atoms with Crippen molar-refractivity contribution in [2.75, 3.05) is 0 Å². The molecule has 3 heterocycles. The molecule has 0 saturated carbocycles. The zero-order valence-corrected chi connectivity index (χ0v) is 21.3. The lowest BCUT2D eigenvalue weighted by molar-refractivity contribution is 0.0695. The molecule has 6 rings (SSSR count). The van der Waals surface area contributed by atoms with Crippen molar-refractivity contribution in [3.8, 4) is 0 Å². The second-order valence-corrected chi connectivity index (χ2v) is 9.50. The zero-order chi connectivity index (χ0) is 28.1. The minimum atomic E-state index is -0.995. The number of oxazole rings is 1. The number of rotatable bonds is 6. The second kappa shape index (κ2) is 9.41. The van der Waals surface area contributed by atoms with Gasteiger partial charge in [-0.3, -0.25) is 14.2 Å². The molecule has 3 aromatic heterocycles. The number of fused-ring (bicyclic) bond motifs is 3. The molecule has 0 spiro atoms. The van der Waals surface area contributed by atoms with Gasteiger partial charge in [-0.05, 0) is 70.6 Å². The molecule has 1 aliphatic rings. The van der Waals surface area contributed by atoms with Crippen LogP contribution in [0.15, 0.2) is 45.6 Å². The number of nitrogens with zero attached hydrogens (tertiary/aromatic N) is 6. The number of nitrogens with one attached hydrogen (secondary N) is 2. The molecule has 0 radical (unpaired) electrons. The van der Waals surface area contributed by atoms with Gasteiger partial charge in [0.15, 0.2) is 5.58 Å². The van der Waals surface area contributed by atoms with Crippen LogP contribution < -0.4 is 16.4 Å². The zero-order valence-electron chi connectivity index (χ0n) is 21.3. The SMILES string of the molecule is Cc1c(C(=O)O)ccc2c1CC[C@@H]2NC(=O)c1cc(C(=O)NCc2ccc3oc(=O)n(C)c3c2)n2nnnc2n1. The first kappa shape index (κ1) is 24.9. The summed E-state index contributed by atoms with van der Waals surface area (Å²) in [6.45, 7) is 1.89. The van der Waals surface area contributed by atoms with Crippen LogP contribution in [0.5, 0.6) is 0 Å². The normalized spacial score (nSPS) is 14.4. The van der Waals surface area contributed by atoms with Gasteiger partial charge in [0.2, 0.25) is 0 Å². The molecule has 1 aliphatic carbocycles. The first-order valence-corrected chi connectivity index (χ1v) is 12.3. The maximum Gasteiger partial charge on any atom is 0.419 e. The minimum Gasteiger partial charge on any atom is -0.478 e. The summed E-state index contributed by atoms with van der Waals surface area (Å²) in [6, 6.07) is 9.34. The third-order valence-electron chi connectivity index (χ3n) is 7.18. The van der Waals surface area contributed by atoms with E-state index in [-0.39, 0.29) is 35.3 Å². The highest BCUT2D eigenvalue weighted by Crippen LogP contribution is 2.34. The summed E-state index contributed by atoms with van der Waals surface area (Å²) in [7, 11) is 1.59. The van der Waals surface area contributed by atoms with Crippen LogP contribution >= 0.6 is 0 Å². The van der Waals surface area contributed by atoms with E-state index in [0.29, 0.717) is 29.5 Å². The first-order valence-electron chi connectivity index (χ1n) is 12.3. The fourth-order valence-electron chi connectivity index (χ4n) is 5.07.